The summed E-state index contributed by atoms with van der Waals surface area (Å²) in [5.41, 5.74) is 2.72. The van der Waals surface area contributed by atoms with Crippen molar-refractivity contribution in [2.24, 2.45) is 0 Å². The molecule has 0 amide bonds. The molecule has 0 aliphatic heterocycles. The van der Waals surface area contributed by atoms with Crippen LogP contribution >= 0.6 is 11.3 Å². The van der Waals surface area contributed by atoms with Gasteiger partial charge in [0.2, 0.25) is 5.78 Å². The fraction of sp³-hybridized carbons (Fsp3) is 0.312. The number of benzene rings is 1. The quantitative estimate of drug-likeness (QED) is 0.773. The van der Waals surface area contributed by atoms with Crippen molar-refractivity contribution in [3.63, 3.8) is 0 Å². The zero-order valence-electron chi connectivity index (χ0n) is 11.7. The van der Waals surface area contributed by atoms with Gasteiger partial charge in [-0.15, -0.1) is 11.3 Å². The lowest BCUT2D eigenvalue weighted by Crippen LogP contribution is -2.09. The van der Waals surface area contributed by atoms with E-state index in [2.05, 4.69) is 0 Å². The van der Waals surface area contributed by atoms with Crippen LogP contribution in [0.5, 0.6) is 5.75 Å². The van der Waals surface area contributed by atoms with Crippen molar-refractivity contribution in [2.45, 2.75) is 33.8 Å². The van der Waals surface area contributed by atoms with Crippen molar-refractivity contribution >= 4 is 17.1 Å². The van der Waals surface area contributed by atoms with Crippen LogP contribution in [0.1, 0.15) is 40.2 Å². The molecule has 0 radical (unpaired) electrons. The van der Waals surface area contributed by atoms with Gasteiger partial charge in [0.25, 0.3) is 0 Å². The van der Waals surface area contributed by atoms with Crippen LogP contribution in [0, 0.1) is 13.8 Å². The molecule has 0 spiro atoms. The molecule has 0 atom stereocenters. The van der Waals surface area contributed by atoms with Gasteiger partial charge in [-0.2, -0.15) is 0 Å². The summed E-state index contributed by atoms with van der Waals surface area (Å²) in [6.07, 6.45) is 0.136. The third-order valence-electron chi connectivity index (χ3n) is 2.87. The van der Waals surface area contributed by atoms with E-state index in [1.165, 1.54) is 11.3 Å². The van der Waals surface area contributed by atoms with E-state index >= 15 is 0 Å². The molecule has 19 heavy (non-hydrogen) atoms. The average molecular weight is 274 g/mol. The molecule has 1 aromatic carbocycles. The van der Waals surface area contributed by atoms with Crippen molar-refractivity contribution < 1.29 is 9.53 Å². The number of ether oxygens (including phenoxy) is 1. The van der Waals surface area contributed by atoms with Crippen molar-refractivity contribution in [1.82, 2.24) is 0 Å². The molecule has 1 aromatic heterocycles. The van der Waals surface area contributed by atoms with Crippen LogP contribution in [0.2, 0.25) is 0 Å². The molecule has 0 N–H and O–H groups in total. The number of hydrogen-bond donors (Lipinski definition) is 0. The second-order valence-electron chi connectivity index (χ2n) is 4.91. The summed E-state index contributed by atoms with van der Waals surface area (Å²) in [7, 11) is 0. The normalized spacial score (nSPS) is 10.8. The molecule has 0 saturated carbocycles. The SMILES string of the molecule is Cc1cc(C(=O)c2cccs2)c(C)cc1OC(C)C. The van der Waals surface area contributed by atoms with Gasteiger partial charge in [-0.25, -0.2) is 0 Å². The summed E-state index contributed by atoms with van der Waals surface area (Å²) >= 11 is 1.47. The highest BCUT2D eigenvalue weighted by Gasteiger charge is 2.15. The van der Waals surface area contributed by atoms with E-state index in [0.717, 1.165) is 27.3 Å². The molecule has 1 heterocycles. The summed E-state index contributed by atoms with van der Waals surface area (Å²) in [4.78, 5) is 13.2. The number of thiophene rings is 1. The summed E-state index contributed by atoms with van der Waals surface area (Å²) in [6.45, 7) is 7.93. The van der Waals surface area contributed by atoms with E-state index in [1.54, 1.807) is 0 Å². The Balaban J connectivity index is 2.38. The maximum atomic E-state index is 12.4. The van der Waals surface area contributed by atoms with Crippen LogP contribution in [0.4, 0.5) is 0 Å². The first-order valence-electron chi connectivity index (χ1n) is 6.35. The molecular weight excluding hydrogens is 256 g/mol. The largest absolute Gasteiger partial charge is 0.491 e. The third-order valence-corrected chi connectivity index (χ3v) is 3.74. The first kappa shape index (κ1) is 13.8. The fourth-order valence-electron chi connectivity index (χ4n) is 1.96. The van der Waals surface area contributed by atoms with Gasteiger partial charge in [-0.3, -0.25) is 4.79 Å². The van der Waals surface area contributed by atoms with Gasteiger partial charge in [0.15, 0.2) is 0 Å². The van der Waals surface area contributed by atoms with Crippen molar-refractivity contribution in [1.29, 1.82) is 0 Å². The molecule has 2 rings (SSSR count). The molecular formula is C16H18O2S. The highest BCUT2D eigenvalue weighted by Crippen LogP contribution is 2.26. The Labute approximate surface area is 118 Å². The lowest BCUT2D eigenvalue weighted by molar-refractivity contribution is 0.104. The Hall–Kier alpha value is -1.61. The summed E-state index contributed by atoms with van der Waals surface area (Å²) < 4.78 is 5.74. The number of carbonyl (C=O) groups is 1. The number of aryl methyl sites for hydroxylation is 2. The van der Waals surface area contributed by atoms with Crippen molar-refractivity contribution in [3.8, 4) is 5.75 Å². The Morgan fingerprint density at radius 1 is 1.21 bits per heavy atom. The standard InChI is InChI=1S/C16H18O2S/c1-10(2)18-14-9-11(3)13(8-12(14)4)16(17)15-6-5-7-19-15/h5-10H,1-4H3. The van der Waals surface area contributed by atoms with Crippen LogP contribution in [-0.2, 0) is 0 Å². The molecule has 0 bridgehead atoms. The first-order chi connectivity index (χ1) is 8.99. The minimum absolute atomic E-state index is 0.0895. The minimum Gasteiger partial charge on any atom is -0.491 e. The average Bonchev–Trinajstić information content (AvgIpc) is 2.85. The molecule has 2 nitrogen and oxygen atoms in total. The Morgan fingerprint density at radius 2 is 1.95 bits per heavy atom. The van der Waals surface area contributed by atoms with Gasteiger partial charge < -0.3 is 4.74 Å². The van der Waals surface area contributed by atoms with Gasteiger partial charge in [0.05, 0.1) is 11.0 Å². The van der Waals surface area contributed by atoms with Gasteiger partial charge in [0.1, 0.15) is 5.75 Å². The van der Waals surface area contributed by atoms with Crippen molar-refractivity contribution in [3.05, 3.63) is 51.2 Å². The number of ketones is 1. The van der Waals surface area contributed by atoms with E-state index in [-0.39, 0.29) is 11.9 Å². The van der Waals surface area contributed by atoms with Gasteiger partial charge in [-0.05, 0) is 62.4 Å². The summed E-state index contributed by atoms with van der Waals surface area (Å²) in [6, 6.07) is 7.64. The third kappa shape index (κ3) is 3.04. The van der Waals surface area contributed by atoms with Gasteiger partial charge >= 0.3 is 0 Å². The smallest absolute Gasteiger partial charge is 0.203 e. The van der Waals surface area contributed by atoms with Crippen LogP contribution in [0.15, 0.2) is 29.6 Å². The predicted molar refractivity (Wildman–Crippen MR) is 79.4 cm³/mol. The molecule has 0 unspecified atom stereocenters. The maximum absolute atomic E-state index is 12.4. The van der Waals surface area contributed by atoms with Gasteiger partial charge in [0, 0.05) is 5.56 Å². The maximum Gasteiger partial charge on any atom is 0.203 e. The van der Waals surface area contributed by atoms with Crippen LogP contribution < -0.4 is 4.74 Å². The lowest BCUT2D eigenvalue weighted by Gasteiger charge is -2.15. The highest BCUT2D eigenvalue weighted by molar-refractivity contribution is 7.12. The number of carbonyl (C=O) groups excluding carboxylic acids is 1. The molecule has 0 aliphatic carbocycles. The highest BCUT2D eigenvalue weighted by atomic mass is 32.1. The van der Waals surface area contributed by atoms with E-state index in [9.17, 15) is 4.79 Å². The second kappa shape index (κ2) is 5.57. The summed E-state index contributed by atoms with van der Waals surface area (Å²) in [5.74, 6) is 0.946. The number of rotatable bonds is 4. The van der Waals surface area contributed by atoms with E-state index in [4.69, 9.17) is 4.74 Å². The summed E-state index contributed by atoms with van der Waals surface area (Å²) in [5, 5.41) is 1.92. The monoisotopic (exact) mass is 274 g/mol. The number of hydrogen-bond acceptors (Lipinski definition) is 3. The molecule has 2 aromatic rings. The topological polar surface area (TPSA) is 26.3 Å². The molecule has 0 saturated heterocycles. The molecule has 100 valence electrons. The van der Waals surface area contributed by atoms with Crippen LogP contribution in [0.25, 0.3) is 0 Å². The predicted octanol–water partition coefficient (Wildman–Crippen LogP) is 4.38. The fourth-order valence-corrected chi connectivity index (χ4v) is 2.63. The van der Waals surface area contributed by atoms with Crippen molar-refractivity contribution in [2.75, 3.05) is 0 Å². The van der Waals surface area contributed by atoms with E-state index in [1.807, 2.05) is 57.3 Å². The van der Waals surface area contributed by atoms with Crippen LogP contribution in [-0.4, -0.2) is 11.9 Å². The molecule has 0 fully saturated rings. The van der Waals surface area contributed by atoms with E-state index in [0.29, 0.717) is 0 Å². The van der Waals surface area contributed by atoms with E-state index < -0.39 is 0 Å². The zero-order valence-corrected chi connectivity index (χ0v) is 12.5. The first-order valence-corrected chi connectivity index (χ1v) is 7.23. The Kier molecular flexibility index (Phi) is 4.05. The molecule has 0 aliphatic rings. The Morgan fingerprint density at radius 3 is 2.53 bits per heavy atom. The lowest BCUT2D eigenvalue weighted by atomic mass is 10.00. The second-order valence-corrected chi connectivity index (χ2v) is 5.85. The minimum atomic E-state index is 0.0895. The van der Waals surface area contributed by atoms with Crippen LogP contribution in [0.3, 0.4) is 0 Å². The molecule has 3 heteroatoms. The zero-order chi connectivity index (χ0) is 14.0. The van der Waals surface area contributed by atoms with Gasteiger partial charge in [-0.1, -0.05) is 6.07 Å². The Bertz CT molecular complexity index is 583.